The lowest BCUT2D eigenvalue weighted by atomic mass is 10.2. The number of halogens is 1. The summed E-state index contributed by atoms with van der Waals surface area (Å²) in [7, 11) is 1.57. The van der Waals surface area contributed by atoms with Crippen LogP contribution >= 0.6 is 12.2 Å². The number of aromatic amines is 1. The molecule has 4 aromatic rings. The minimum Gasteiger partial charge on any atom is -0.493 e. The number of H-pyrrole nitrogens is 1. The van der Waals surface area contributed by atoms with Gasteiger partial charge in [0.15, 0.2) is 17.3 Å². The molecule has 0 aliphatic carbocycles. The van der Waals surface area contributed by atoms with E-state index in [4.69, 9.17) is 21.7 Å². The molecule has 8 heteroatoms. The Balaban J connectivity index is 1.48. The SMILES string of the molecule is COc1cc(CNn2c(-c3ccccc3)n[nH]c2=S)ccc1OCc1ccccc1F. The summed E-state index contributed by atoms with van der Waals surface area (Å²) in [6.07, 6.45) is 0. The van der Waals surface area contributed by atoms with Crippen molar-refractivity contribution in [1.29, 1.82) is 0 Å². The van der Waals surface area contributed by atoms with Gasteiger partial charge in [-0.25, -0.2) is 14.2 Å². The molecule has 0 saturated carbocycles. The fraction of sp³-hybridized carbons (Fsp3) is 0.130. The summed E-state index contributed by atoms with van der Waals surface area (Å²) >= 11 is 5.36. The molecular weight excluding hydrogens is 415 g/mol. The summed E-state index contributed by atoms with van der Waals surface area (Å²) in [4.78, 5) is 0. The van der Waals surface area contributed by atoms with E-state index in [9.17, 15) is 4.39 Å². The molecule has 0 spiro atoms. The summed E-state index contributed by atoms with van der Waals surface area (Å²) in [5.74, 6) is 1.50. The summed E-state index contributed by atoms with van der Waals surface area (Å²) in [5, 5.41) is 7.13. The summed E-state index contributed by atoms with van der Waals surface area (Å²) in [6, 6.07) is 21.9. The van der Waals surface area contributed by atoms with Crippen LogP contribution in [0.1, 0.15) is 11.1 Å². The third kappa shape index (κ3) is 4.75. The van der Waals surface area contributed by atoms with E-state index in [1.807, 2.05) is 48.5 Å². The van der Waals surface area contributed by atoms with Gasteiger partial charge in [-0.05, 0) is 36.0 Å². The van der Waals surface area contributed by atoms with Gasteiger partial charge in [0.2, 0.25) is 4.77 Å². The van der Waals surface area contributed by atoms with Gasteiger partial charge < -0.3 is 14.9 Å². The van der Waals surface area contributed by atoms with Crippen LogP contribution in [0, 0.1) is 10.6 Å². The number of benzene rings is 3. The average Bonchev–Trinajstić information content (AvgIpc) is 3.18. The number of nitrogens with one attached hydrogen (secondary N) is 2. The van der Waals surface area contributed by atoms with Gasteiger partial charge in [-0.15, -0.1) is 0 Å². The zero-order chi connectivity index (χ0) is 21.6. The molecular formula is C23H21FN4O2S. The Kier molecular flexibility index (Phi) is 6.28. The van der Waals surface area contributed by atoms with E-state index in [1.54, 1.807) is 30.0 Å². The van der Waals surface area contributed by atoms with Gasteiger partial charge in [-0.1, -0.05) is 54.6 Å². The van der Waals surface area contributed by atoms with Crippen LogP contribution < -0.4 is 14.9 Å². The monoisotopic (exact) mass is 436 g/mol. The zero-order valence-electron chi connectivity index (χ0n) is 16.8. The Hall–Kier alpha value is -3.65. The topological polar surface area (TPSA) is 64.1 Å². The molecule has 0 amide bonds. The molecule has 0 bridgehead atoms. The second kappa shape index (κ2) is 9.44. The van der Waals surface area contributed by atoms with Gasteiger partial charge >= 0.3 is 0 Å². The van der Waals surface area contributed by atoms with E-state index in [0.29, 0.717) is 34.2 Å². The van der Waals surface area contributed by atoms with Gasteiger partial charge in [0.25, 0.3) is 0 Å². The molecule has 0 fully saturated rings. The van der Waals surface area contributed by atoms with Gasteiger partial charge in [-0.2, -0.15) is 5.10 Å². The van der Waals surface area contributed by atoms with Crippen molar-refractivity contribution < 1.29 is 13.9 Å². The highest BCUT2D eigenvalue weighted by Gasteiger charge is 2.11. The molecule has 158 valence electrons. The average molecular weight is 437 g/mol. The molecule has 6 nitrogen and oxygen atoms in total. The Morgan fingerprint density at radius 2 is 1.81 bits per heavy atom. The van der Waals surface area contributed by atoms with Crippen molar-refractivity contribution >= 4 is 12.2 Å². The first-order valence-corrected chi connectivity index (χ1v) is 10.1. The van der Waals surface area contributed by atoms with Crippen molar-refractivity contribution in [3.63, 3.8) is 0 Å². The fourth-order valence-electron chi connectivity index (χ4n) is 3.11. The smallest absolute Gasteiger partial charge is 0.214 e. The van der Waals surface area contributed by atoms with E-state index in [0.717, 1.165) is 11.1 Å². The van der Waals surface area contributed by atoms with Crippen molar-refractivity contribution in [2.24, 2.45) is 0 Å². The zero-order valence-corrected chi connectivity index (χ0v) is 17.7. The second-order valence-electron chi connectivity index (χ2n) is 6.75. The van der Waals surface area contributed by atoms with E-state index in [1.165, 1.54) is 6.07 Å². The van der Waals surface area contributed by atoms with E-state index in [-0.39, 0.29) is 12.4 Å². The number of hydrogen-bond acceptors (Lipinski definition) is 5. The number of nitrogens with zero attached hydrogens (tertiary/aromatic N) is 2. The summed E-state index contributed by atoms with van der Waals surface area (Å²) in [5.41, 5.74) is 5.67. The number of hydrogen-bond donors (Lipinski definition) is 2. The molecule has 2 N–H and O–H groups in total. The predicted octanol–water partition coefficient (Wildman–Crippen LogP) is 5.08. The quantitative estimate of drug-likeness (QED) is 0.377. The van der Waals surface area contributed by atoms with Crippen molar-refractivity contribution in [2.45, 2.75) is 13.2 Å². The van der Waals surface area contributed by atoms with Crippen LogP contribution in [0.4, 0.5) is 4.39 Å². The molecule has 4 rings (SSSR count). The van der Waals surface area contributed by atoms with Crippen molar-refractivity contribution in [2.75, 3.05) is 12.5 Å². The minimum atomic E-state index is -0.298. The van der Waals surface area contributed by atoms with Gasteiger partial charge in [0, 0.05) is 11.1 Å². The van der Waals surface area contributed by atoms with Crippen LogP contribution in [0.15, 0.2) is 72.8 Å². The molecule has 0 aliphatic rings. The van der Waals surface area contributed by atoms with Gasteiger partial charge in [0.1, 0.15) is 12.4 Å². The first-order chi connectivity index (χ1) is 15.2. The van der Waals surface area contributed by atoms with E-state index >= 15 is 0 Å². The maximum Gasteiger partial charge on any atom is 0.214 e. The molecule has 31 heavy (non-hydrogen) atoms. The van der Waals surface area contributed by atoms with Crippen LogP contribution in [-0.2, 0) is 13.2 Å². The highest BCUT2D eigenvalue weighted by atomic mass is 32.1. The maximum atomic E-state index is 13.8. The van der Waals surface area contributed by atoms with Crippen molar-refractivity contribution in [1.82, 2.24) is 14.9 Å². The van der Waals surface area contributed by atoms with E-state index in [2.05, 4.69) is 15.6 Å². The van der Waals surface area contributed by atoms with Gasteiger partial charge in [0.05, 0.1) is 13.7 Å². The summed E-state index contributed by atoms with van der Waals surface area (Å²) < 4.78 is 27.3. The van der Waals surface area contributed by atoms with E-state index < -0.39 is 0 Å². The normalized spacial score (nSPS) is 10.6. The molecule has 0 saturated heterocycles. The molecule has 0 aliphatic heterocycles. The third-order valence-corrected chi connectivity index (χ3v) is 4.99. The Bertz CT molecular complexity index is 1220. The molecule has 1 aromatic heterocycles. The second-order valence-corrected chi connectivity index (χ2v) is 7.14. The first kappa shape index (κ1) is 20.6. The first-order valence-electron chi connectivity index (χ1n) is 9.65. The minimum absolute atomic E-state index is 0.116. The van der Waals surface area contributed by atoms with Crippen molar-refractivity contribution in [3.05, 3.63) is 94.5 Å². The number of methoxy groups -OCH3 is 1. The van der Waals surface area contributed by atoms with Crippen LogP contribution in [0.5, 0.6) is 11.5 Å². The molecule has 1 heterocycles. The van der Waals surface area contributed by atoms with Crippen LogP contribution in [-0.4, -0.2) is 22.0 Å². The third-order valence-electron chi connectivity index (χ3n) is 4.71. The highest BCUT2D eigenvalue weighted by molar-refractivity contribution is 7.71. The summed E-state index contributed by atoms with van der Waals surface area (Å²) in [6.45, 7) is 0.600. The Labute approximate surface area is 184 Å². The highest BCUT2D eigenvalue weighted by Crippen LogP contribution is 2.29. The maximum absolute atomic E-state index is 13.8. The largest absolute Gasteiger partial charge is 0.493 e. The lowest BCUT2D eigenvalue weighted by Gasteiger charge is -2.14. The van der Waals surface area contributed by atoms with Crippen LogP contribution in [0.2, 0.25) is 0 Å². The number of ether oxygens (including phenoxy) is 2. The lowest BCUT2D eigenvalue weighted by Crippen LogP contribution is -2.16. The fourth-order valence-corrected chi connectivity index (χ4v) is 3.30. The van der Waals surface area contributed by atoms with Crippen molar-refractivity contribution in [3.8, 4) is 22.9 Å². The molecule has 0 atom stereocenters. The van der Waals surface area contributed by atoms with Crippen LogP contribution in [0.25, 0.3) is 11.4 Å². The number of aromatic nitrogens is 3. The van der Waals surface area contributed by atoms with Gasteiger partial charge in [-0.3, -0.25) is 0 Å². The molecule has 0 unspecified atom stereocenters. The lowest BCUT2D eigenvalue weighted by molar-refractivity contribution is 0.279. The number of rotatable bonds is 8. The standard InChI is InChI=1S/C23H21FN4O2S/c1-29-21-13-16(11-12-20(21)30-15-18-9-5-6-10-19(18)24)14-25-28-22(26-27-23(28)31)17-7-3-2-4-8-17/h2-13,25H,14-15H2,1H3,(H,27,31). The molecule has 3 aromatic carbocycles. The predicted molar refractivity (Wildman–Crippen MR) is 120 cm³/mol. The van der Waals surface area contributed by atoms with Crippen LogP contribution in [0.3, 0.4) is 0 Å². The Morgan fingerprint density at radius 1 is 1.03 bits per heavy atom. The Morgan fingerprint density at radius 3 is 2.58 bits per heavy atom. The molecule has 0 radical (unpaired) electrons.